The summed E-state index contributed by atoms with van der Waals surface area (Å²) in [6.45, 7) is 2.54. The molecule has 3 rings (SSSR count). The molecule has 0 aliphatic rings. The molecule has 5 nitrogen and oxygen atoms in total. The fourth-order valence-electron chi connectivity index (χ4n) is 1.88. The predicted molar refractivity (Wildman–Crippen MR) is 75.4 cm³/mol. The van der Waals surface area contributed by atoms with Gasteiger partial charge in [0.05, 0.1) is 17.8 Å². The van der Waals surface area contributed by atoms with Gasteiger partial charge in [0.2, 0.25) is 0 Å². The summed E-state index contributed by atoms with van der Waals surface area (Å²) in [4.78, 5) is 0. The highest BCUT2D eigenvalue weighted by Crippen LogP contribution is 2.20. The first-order valence-electron chi connectivity index (χ1n) is 6.22. The summed E-state index contributed by atoms with van der Waals surface area (Å²) in [5.74, 6) is 1.08. The van der Waals surface area contributed by atoms with Crippen molar-refractivity contribution in [2.75, 3.05) is 0 Å². The Morgan fingerprint density at radius 1 is 1.25 bits per heavy atom. The molecular weight excluding hydrogens is 276 g/mol. The van der Waals surface area contributed by atoms with E-state index in [0.717, 1.165) is 22.7 Å². The second-order valence-corrected chi connectivity index (χ2v) is 4.85. The summed E-state index contributed by atoms with van der Waals surface area (Å²) in [6, 6.07) is 10.1. The average Bonchev–Trinajstić information content (AvgIpc) is 3.09. The summed E-state index contributed by atoms with van der Waals surface area (Å²) >= 11 is 5.69. The Morgan fingerprint density at radius 3 is 2.75 bits per heavy atom. The van der Waals surface area contributed by atoms with Gasteiger partial charge in [-0.15, -0.1) is 16.7 Å². The van der Waals surface area contributed by atoms with Gasteiger partial charge in [-0.3, -0.25) is 0 Å². The molecule has 102 valence electrons. The minimum Gasteiger partial charge on any atom is -0.359 e. The van der Waals surface area contributed by atoms with Crippen molar-refractivity contribution in [2.45, 2.75) is 19.3 Å². The first-order chi connectivity index (χ1) is 9.74. The van der Waals surface area contributed by atoms with Crippen LogP contribution in [0.25, 0.3) is 11.3 Å². The molecule has 0 N–H and O–H groups in total. The number of aromatic nitrogens is 4. The summed E-state index contributed by atoms with van der Waals surface area (Å²) in [6.07, 6.45) is 1.79. The molecule has 0 amide bonds. The normalized spacial score (nSPS) is 10.9. The van der Waals surface area contributed by atoms with Crippen LogP contribution in [0.5, 0.6) is 0 Å². The minimum atomic E-state index is 0.352. The van der Waals surface area contributed by atoms with E-state index in [-0.39, 0.29) is 0 Å². The van der Waals surface area contributed by atoms with Crippen LogP contribution in [0.2, 0.25) is 0 Å². The van der Waals surface area contributed by atoms with E-state index in [2.05, 4.69) is 22.4 Å². The largest absolute Gasteiger partial charge is 0.359 e. The van der Waals surface area contributed by atoms with E-state index >= 15 is 0 Å². The number of hydrogen-bond donors (Lipinski definition) is 0. The van der Waals surface area contributed by atoms with E-state index in [1.54, 1.807) is 10.9 Å². The van der Waals surface area contributed by atoms with Crippen LogP contribution in [0.1, 0.15) is 17.0 Å². The van der Waals surface area contributed by atoms with Crippen LogP contribution in [0.3, 0.4) is 0 Å². The van der Waals surface area contributed by atoms with Crippen LogP contribution in [-0.2, 0) is 12.4 Å². The number of rotatable bonds is 4. The Hall–Kier alpha value is -2.14. The lowest BCUT2D eigenvalue weighted by atomic mass is 10.1. The molecule has 2 heterocycles. The maximum absolute atomic E-state index is 5.69. The predicted octanol–water partition coefficient (Wildman–Crippen LogP) is 3.03. The average molecular weight is 289 g/mol. The topological polar surface area (TPSA) is 56.7 Å². The third-order valence-electron chi connectivity index (χ3n) is 2.95. The van der Waals surface area contributed by atoms with Crippen molar-refractivity contribution >= 4 is 11.6 Å². The Kier molecular flexibility index (Phi) is 3.52. The molecule has 2 aromatic heterocycles. The van der Waals surface area contributed by atoms with Gasteiger partial charge in [0.1, 0.15) is 12.2 Å². The molecule has 0 saturated carbocycles. The van der Waals surface area contributed by atoms with E-state index in [4.69, 9.17) is 16.1 Å². The van der Waals surface area contributed by atoms with Crippen molar-refractivity contribution in [2.24, 2.45) is 0 Å². The zero-order valence-electron chi connectivity index (χ0n) is 11.0. The molecule has 0 aliphatic carbocycles. The Morgan fingerprint density at radius 2 is 2.05 bits per heavy atom. The van der Waals surface area contributed by atoms with Crippen LogP contribution >= 0.6 is 11.6 Å². The molecule has 6 heteroatoms. The second-order valence-electron chi connectivity index (χ2n) is 4.59. The van der Waals surface area contributed by atoms with Crippen LogP contribution < -0.4 is 0 Å². The number of halogens is 1. The van der Waals surface area contributed by atoms with Gasteiger partial charge < -0.3 is 4.52 Å². The van der Waals surface area contributed by atoms with Gasteiger partial charge in [0, 0.05) is 11.6 Å². The van der Waals surface area contributed by atoms with Gasteiger partial charge in [-0.2, -0.15) is 0 Å². The van der Waals surface area contributed by atoms with Crippen molar-refractivity contribution in [1.29, 1.82) is 0 Å². The van der Waals surface area contributed by atoms with Crippen molar-refractivity contribution in [3.63, 3.8) is 0 Å². The van der Waals surface area contributed by atoms with E-state index in [1.807, 2.05) is 30.3 Å². The lowest BCUT2D eigenvalue weighted by Gasteiger charge is -1.95. The van der Waals surface area contributed by atoms with Gasteiger partial charge in [-0.1, -0.05) is 40.2 Å². The number of benzene rings is 1. The van der Waals surface area contributed by atoms with Gasteiger partial charge in [0.15, 0.2) is 5.76 Å². The highest BCUT2D eigenvalue weighted by Gasteiger charge is 2.08. The fraction of sp³-hybridized carbons (Fsp3) is 0.214. The van der Waals surface area contributed by atoms with Gasteiger partial charge >= 0.3 is 0 Å². The molecule has 20 heavy (non-hydrogen) atoms. The van der Waals surface area contributed by atoms with E-state index in [1.165, 1.54) is 5.56 Å². The maximum atomic E-state index is 5.69. The minimum absolute atomic E-state index is 0.352. The molecule has 0 unspecified atom stereocenters. The van der Waals surface area contributed by atoms with E-state index in [0.29, 0.717) is 12.4 Å². The standard InChI is InChI=1S/C14H13ClN4O/c1-10-2-4-11(5-3-10)14-6-13(20-17-14)9-19-8-12(7-15)16-18-19/h2-6,8H,7,9H2,1H3. The molecule has 0 saturated heterocycles. The van der Waals surface area contributed by atoms with Crippen LogP contribution in [0.15, 0.2) is 41.1 Å². The highest BCUT2D eigenvalue weighted by molar-refractivity contribution is 6.16. The van der Waals surface area contributed by atoms with Crippen LogP contribution in [0, 0.1) is 6.92 Å². The zero-order chi connectivity index (χ0) is 13.9. The lowest BCUT2D eigenvalue weighted by Crippen LogP contribution is -1.98. The maximum Gasteiger partial charge on any atom is 0.158 e. The molecule has 0 fully saturated rings. The molecular formula is C14H13ClN4O. The van der Waals surface area contributed by atoms with E-state index < -0.39 is 0 Å². The third-order valence-corrected chi connectivity index (χ3v) is 3.22. The first-order valence-corrected chi connectivity index (χ1v) is 6.75. The first kappa shape index (κ1) is 12.9. The third kappa shape index (κ3) is 2.72. The van der Waals surface area contributed by atoms with Gasteiger partial charge in [-0.05, 0) is 6.92 Å². The number of hydrogen-bond acceptors (Lipinski definition) is 4. The van der Waals surface area contributed by atoms with Crippen molar-refractivity contribution in [3.05, 3.63) is 53.5 Å². The van der Waals surface area contributed by atoms with Crippen molar-refractivity contribution < 1.29 is 4.52 Å². The Labute approximate surface area is 121 Å². The molecule has 0 atom stereocenters. The molecule has 0 aliphatic heterocycles. The summed E-state index contributed by atoms with van der Waals surface area (Å²) < 4.78 is 7.00. The monoisotopic (exact) mass is 288 g/mol. The molecule has 1 aromatic carbocycles. The van der Waals surface area contributed by atoms with Gasteiger partial charge in [0.25, 0.3) is 0 Å². The summed E-state index contributed by atoms with van der Waals surface area (Å²) in [7, 11) is 0. The lowest BCUT2D eigenvalue weighted by molar-refractivity contribution is 0.372. The number of alkyl halides is 1. The van der Waals surface area contributed by atoms with Crippen LogP contribution in [0.4, 0.5) is 0 Å². The smallest absolute Gasteiger partial charge is 0.158 e. The SMILES string of the molecule is Cc1ccc(-c2cc(Cn3cc(CCl)nn3)on2)cc1. The molecule has 0 bridgehead atoms. The Balaban J connectivity index is 1.78. The quantitative estimate of drug-likeness (QED) is 0.693. The molecule has 0 spiro atoms. The summed E-state index contributed by atoms with van der Waals surface area (Å²) in [5, 5.41) is 12.0. The zero-order valence-corrected chi connectivity index (χ0v) is 11.7. The molecule has 0 radical (unpaired) electrons. The summed E-state index contributed by atoms with van der Waals surface area (Å²) in [5.41, 5.74) is 3.81. The highest BCUT2D eigenvalue weighted by atomic mass is 35.5. The Bertz CT molecular complexity index is 702. The van der Waals surface area contributed by atoms with Crippen molar-refractivity contribution in [1.82, 2.24) is 20.2 Å². The number of aryl methyl sites for hydroxylation is 1. The van der Waals surface area contributed by atoms with Gasteiger partial charge in [-0.25, -0.2) is 4.68 Å². The van der Waals surface area contributed by atoms with E-state index in [9.17, 15) is 0 Å². The molecule has 3 aromatic rings. The fourth-order valence-corrected chi connectivity index (χ4v) is 2.01. The van der Waals surface area contributed by atoms with Crippen LogP contribution in [-0.4, -0.2) is 20.2 Å². The van der Waals surface area contributed by atoms with Crippen molar-refractivity contribution in [3.8, 4) is 11.3 Å². The second kappa shape index (κ2) is 5.46. The number of nitrogens with zero attached hydrogens (tertiary/aromatic N) is 4.